The minimum absolute atomic E-state index is 0.0865. The molecule has 2 aromatic carbocycles. The van der Waals surface area contributed by atoms with Crippen molar-refractivity contribution in [3.05, 3.63) is 86.5 Å². The number of hydrogen-bond donors (Lipinski definition) is 1. The molecule has 0 aliphatic rings. The zero-order valence-corrected chi connectivity index (χ0v) is 16.0. The SMILES string of the molecule is O=C(Cn1cnc2c(cnn2-c2ccc(Cl)cc2)c1=O)Nc1ccc([N+](=O)[O-])cc1. The number of benzene rings is 2. The number of hydrogen-bond acceptors (Lipinski definition) is 6. The standard InChI is InChI=1S/C19H13ClN6O4/c20-12-1-5-14(6-2-12)25-18-16(9-22-25)19(28)24(11-21-18)10-17(27)23-13-3-7-15(8-4-13)26(29)30/h1-9,11H,10H2,(H,23,27). The third-order valence-corrected chi connectivity index (χ3v) is 4.55. The maximum atomic E-state index is 12.7. The molecule has 0 fully saturated rings. The minimum atomic E-state index is -0.531. The van der Waals surface area contributed by atoms with E-state index in [-0.39, 0.29) is 17.6 Å². The fourth-order valence-corrected chi connectivity index (χ4v) is 2.98. The van der Waals surface area contributed by atoms with Crippen molar-refractivity contribution in [2.75, 3.05) is 5.32 Å². The second-order valence-electron chi connectivity index (χ2n) is 6.30. The summed E-state index contributed by atoms with van der Waals surface area (Å²) in [5.41, 5.74) is 0.920. The lowest BCUT2D eigenvalue weighted by molar-refractivity contribution is -0.384. The first-order chi connectivity index (χ1) is 14.4. The fourth-order valence-electron chi connectivity index (χ4n) is 2.85. The van der Waals surface area contributed by atoms with Crippen LogP contribution in [0.25, 0.3) is 16.7 Å². The Kier molecular flexibility index (Phi) is 4.98. The van der Waals surface area contributed by atoms with Crippen LogP contribution < -0.4 is 10.9 Å². The molecule has 2 aromatic heterocycles. The summed E-state index contributed by atoms with van der Waals surface area (Å²) in [6.07, 6.45) is 2.66. The van der Waals surface area contributed by atoms with Gasteiger partial charge in [-0.2, -0.15) is 5.10 Å². The van der Waals surface area contributed by atoms with Crippen molar-refractivity contribution in [3.63, 3.8) is 0 Å². The van der Waals surface area contributed by atoms with E-state index in [1.807, 2.05) is 0 Å². The molecule has 1 amide bonds. The average Bonchev–Trinajstić information content (AvgIpc) is 3.16. The molecule has 0 bridgehead atoms. The topological polar surface area (TPSA) is 125 Å². The van der Waals surface area contributed by atoms with Crippen LogP contribution in [-0.4, -0.2) is 30.2 Å². The Balaban J connectivity index is 1.55. The monoisotopic (exact) mass is 424 g/mol. The lowest BCUT2D eigenvalue weighted by Crippen LogP contribution is -2.27. The first-order valence-electron chi connectivity index (χ1n) is 8.66. The molecule has 0 aliphatic carbocycles. The largest absolute Gasteiger partial charge is 0.325 e. The maximum Gasteiger partial charge on any atom is 0.269 e. The van der Waals surface area contributed by atoms with Gasteiger partial charge in [-0.25, -0.2) is 9.67 Å². The predicted octanol–water partition coefficient (Wildman–Crippen LogP) is 2.78. The van der Waals surface area contributed by atoms with Gasteiger partial charge in [0.2, 0.25) is 5.91 Å². The van der Waals surface area contributed by atoms with Crippen molar-refractivity contribution >= 4 is 39.9 Å². The summed E-state index contributed by atoms with van der Waals surface area (Å²) in [4.78, 5) is 39.4. The zero-order chi connectivity index (χ0) is 21.3. The number of nitro groups is 1. The summed E-state index contributed by atoms with van der Waals surface area (Å²) in [6, 6.07) is 12.3. The Morgan fingerprint density at radius 2 is 1.83 bits per heavy atom. The van der Waals surface area contributed by atoms with Crippen LogP contribution in [0.3, 0.4) is 0 Å². The van der Waals surface area contributed by atoms with Gasteiger partial charge in [-0.05, 0) is 36.4 Å². The number of halogens is 1. The van der Waals surface area contributed by atoms with Crippen LogP contribution in [0.15, 0.2) is 65.8 Å². The highest BCUT2D eigenvalue weighted by atomic mass is 35.5. The summed E-state index contributed by atoms with van der Waals surface area (Å²) in [7, 11) is 0. The molecule has 0 spiro atoms. The highest BCUT2D eigenvalue weighted by Gasteiger charge is 2.14. The normalized spacial score (nSPS) is 10.8. The third kappa shape index (κ3) is 3.76. The Hall–Kier alpha value is -4.05. The van der Waals surface area contributed by atoms with Gasteiger partial charge in [0.15, 0.2) is 5.65 Å². The number of nitrogens with zero attached hydrogens (tertiary/aromatic N) is 5. The van der Waals surface area contributed by atoms with Crippen molar-refractivity contribution < 1.29 is 9.72 Å². The molecule has 0 unspecified atom stereocenters. The Morgan fingerprint density at radius 1 is 1.13 bits per heavy atom. The molecular formula is C19H13ClN6O4. The second-order valence-corrected chi connectivity index (χ2v) is 6.74. The molecule has 0 aliphatic heterocycles. The van der Waals surface area contributed by atoms with Crippen molar-refractivity contribution in [1.82, 2.24) is 19.3 Å². The van der Waals surface area contributed by atoms with E-state index in [1.54, 1.807) is 24.3 Å². The number of anilines is 1. The molecule has 4 rings (SSSR count). The molecule has 0 atom stereocenters. The number of carbonyl (C=O) groups excluding carboxylic acids is 1. The zero-order valence-electron chi connectivity index (χ0n) is 15.2. The van der Waals surface area contributed by atoms with Crippen LogP contribution in [0.2, 0.25) is 5.02 Å². The van der Waals surface area contributed by atoms with E-state index >= 15 is 0 Å². The van der Waals surface area contributed by atoms with Gasteiger partial charge < -0.3 is 5.32 Å². The number of rotatable bonds is 5. The molecular weight excluding hydrogens is 412 g/mol. The molecule has 30 heavy (non-hydrogen) atoms. The van der Waals surface area contributed by atoms with Crippen molar-refractivity contribution in [2.45, 2.75) is 6.54 Å². The van der Waals surface area contributed by atoms with Crippen LogP contribution in [-0.2, 0) is 11.3 Å². The van der Waals surface area contributed by atoms with E-state index < -0.39 is 16.4 Å². The second kappa shape index (κ2) is 7.76. The molecule has 150 valence electrons. The van der Waals surface area contributed by atoms with Crippen molar-refractivity contribution in [1.29, 1.82) is 0 Å². The minimum Gasteiger partial charge on any atom is -0.325 e. The number of nitrogens with one attached hydrogen (secondary N) is 1. The summed E-state index contributed by atoms with van der Waals surface area (Å²) in [6.45, 7) is -0.273. The summed E-state index contributed by atoms with van der Waals surface area (Å²) < 4.78 is 2.67. The van der Waals surface area contributed by atoms with Crippen LogP contribution >= 0.6 is 11.6 Å². The third-order valence-electron chi connectivity index (χ3n) is 4.30. The Morgan fingerprint density at radius 3 is 2.50 bits per heavy atom. The number of carbonyl (C=O) groups is 1. The highest BCUT2D eigenvalue weighted by molar-refractivity contribution is 6.30. The first-order valence-corrected chi connectivity index (χ1v) is 9.03. The van der Waals surface area contributed by atoms with Gasteiger partial charge in [-0.1, -0.05) is 11.6 Å². The maximum absolute atomic E-state index is 12.7. The number of fused-ring (bicyclic) bond motifs is 1. The number of aromatic nitrogens is 4. The molecule has 4 aromatic rings. The average molecular weight is 425 g/mol. The smallest absolute Gasteiger partial charge is 0.269 e. The molecule has 0 radical (unpaired) electrons. The van der Waals surface area contributed by atoms with E-state index in [0.29, 0.717) is 22.0 Å². The number of amides is 1. The number of non-ortho nitro benzene ring substituents is 1. The Labute approximate surface area is 173 Å². The van der Waals surface area contributed by atoms with Crippen molar-refractivity contribution in [3.8, 4) is 5.69 Å². The van der Waals surface area contributed by atoms with Gasteiger partial charge in [0.25, 0.3) is 11.2 Å². The van der Waals surface area contributed by atoms with Gasteiger partial charge >= 0.3 is 0 Å². The van der Waals surface area contributed by atoms with Crippen molar-refractivity contribution in [2.24, 2.45) is 0 Å². The first kappa shape index (κ1) is 19.3. The van der Waals surface area contributed by atoms with Crippen LogP contribution in [0, 0.1) is 10.1 Å². The lowest BCUT2D eigenvalue weighted by atomic mass is 10.3. The quantitative estimate of drug-likeness (QED) is 0.388. The molecule has 1 N–H and O–H groups in total. The van der Waals surface area contributed by atoms with Crippen LogP contribution in [0.4, 0.5) is 11.4 Å². The van der Waals surface area contributed by atoms with E-state index in [4.69, 9.17) is 11.6 Å². The fraction of sp³-hybridized carbons (Fsp3) is 0.0526. The number of nitro benzene ring substituents is 1. The van der Waals surface area contributed by atoms with Crippen LogP contribution in [0.1, 0.15) is 0 Å². The molecule has 0 saturated carbocycles. The van der Waals surface area contributed by atoms with Gasteiger partial charge in [-0.3, -0.25) is 24.3 Å². The predicted molar refractivity (Wildman–Crippen MR) is 110 cm³/mol. The van der Waals surface area contributed by atoms with Crippen LogP contribution in [0.5, 0.6) is 0 Å². The molecule has 2 heterocycles. The molecule has 11 heteroatoms. The van der Waals surface area contributed by atoms with Gasteiger partial charge in [-0.15, -0.1) is 0 Å². The summed E-state index contributed by atoms with van der Waals surface area (Å²) in [5.74, 6) is -0.475. The molecule has 0 saturated heterocycles. The van der Waals surface area contributed by atoms with E-state index in [2.05, 4.69) is 15.4 Å². The molecule has 10 nitrogen and oxygen atoms in total. The van der Waals surface area contributed by atoms with Gasteiger partial charge in [0.05, 0.1) is 16.8 Å². The lowest BCUT2D eigenvalue weighted by Gasteiger charge is -2.08. The van der Waals surface area contributed by atoms with E-state index in [0.717, 1.165) is 4.57 Å². The van der Waals surface area contributed by atoms with Gasteiger partial charge in [0.1, 0.15) is 18.3 Å². The summed E-state index contributed by atoms with van der Waals surface area (Å²) >= 11 is 5.90. The van der Waals surface area contributed by atoms with Gasteiger partial charge in [0, 0.05) is 22.8 Å². The van der Waals surface area contributed by atoms with E-state index in [1.165, 1.54) is 41.5 Å². The Bertz CT molecular complexity index is 1310. The summed E-state index contributed by atoms with van der Waals surface area (Å²) in [5, 5.41) is 18.3. The highest BCUT2D eigenvalue weighted by Crippen LogP contribution is 2.17. The van der Waals surface area contributed by atoms with E-state index in [9.17, 15) is 19.7 Å².